The van der Waals surface area contributed by atoms with Crippen molar-refractivity contribution >= 4 is 50.3 Å². The van der Waals surface area contributed by atoms with Crippen molar-refractivity contribution in [2.24, 2.45) is 15.2 Å². The van der Waals surface area contributed by atoms with Gasteiger partial charge < -0.3 is 14.6 Å². The van der Waals surface area contributed by atoms with E-state index in [1.54, 1.807) is 30.3 Å². The van der Waals surface area contributed by atoms with Crippen LogP contribution < -0.4 is 0 Å². The van der Waals surface area contributed by atoms with Crippen molar-refractivity contribution in [3.63, 3.8) is 0 Å². The predicted molar refractivity (Wildman–Crippen MR) is 140 cm³/mol. The Labute approximate surface area is 209 Å². The van der Waals surface area contributed by atoms with Crippen molar-refractivity contribution in [2.75, 3.05) is 0 Å². The number of halogens is 1. The molecule has 5 rings (SSSR count). The first-order valence-electron chi connectivity index (χ1n) is 10.7. The van der Waals surface area contributed by atoms with Crippen molar-refractivity contribution in [2.45, 2.75) is 6.92 Å². The summed E-state index contributed by atoms with van der Waals surface area (Å²) in [6, 6.07) is 23.0. The molecule has 0 aliphatic carbocycles. The summed E-state index contributed by atoms with van der Waals surface area (Å²) in [7, 11) is 0. The minimum absolute atomic E-state index is 0.0324. The topological polar surface area (TPSA) is 104 Å². The molecule has 7 nitrogen and oxygen atoms in total. The van der Waals surface area contributed by atoms with Gasteiger partial charge in [0.1, 0.15) is 17.0 Å². The zero-order valence-corrected chi connectivity index (χ0v) is 20.1. The maximum Gasteiger partial charge on any atom is 0.231 e. The third kappa shape index (κ3) is 5.12. The van der Waals surface area contributed by atoms with Crippen molar-refractivity contribution < 1.29 is 14.6 Å². The lowest BCUT2D eigenvalue weighted by molar-refractivity contribution is 0.473. The van der Waals surface area contributed by atoms with Crippen LogP contribution in [-0.4, -0.2) is 21.4 Å². The fraction of sp³-hybridized carbons (Fsp3) is 0.0370. The number of aryl methyl sites for hydroxylation is 1. The summed E-state index contributed by atoms with van der Waals surface area (Å²) in [5.41, 5.74) is 5.14. The molecule has 0 unspecified atom stereocenters. The van der Waals surface area contributed by atoms with E-state index in [1.807, 2.05) is 49.4 Å². The lowest BCUT2D eigenvalue weighted by atomic mass is 10.1. The second kappa shape index (κ2) is 9.52. The molecule has 8 heteroatoms. The Hall–Kier alpha value is -4.30. The lowest BCUT2D eigenvalue weighted by Gasteiger charge is -2.03. The fourth-order valence-corrected chi connectivity index (χ4v) is 3.82. The van der Waals surface area contributed by atoms with E-state index in [4.69, 9.17) is 4.42 Å². The Bertz CT molecular complexity index is 1610. The molecule has 0 bridgehead atoms. The number of phenolic OH excluding ortho intramolecular Hbond substituents is 2. The number of phenols is 2. The molecule has 4 aromatic carbocycles. The smallest absolute Gasteiger partial charge is 0.231 e. The Morgan fingerprint density at radius 3 is 2.43 bits per heavy atom. The van der Waals surface area contributed by atoms with Crippen LogP contribution in [0.5, 0.6) is 11.5 Å². The number of hydrogen-bond acceptors (Lipinski definition) is 7. The van der Waals surface area contributed by atoms with Gasteiger partial charge in [0.25, 0.3) is 0 Å². The number of rotatable bonds is 5. The number of aromatic nitrogens is 1. The number of fused-ring (bicyclic) bond motifs is 1. The first kappa shape index (κ1) is 22.5. The van der Waals surface area contributed by atoms with Gasteiger partial charge in [-0.1, -0.05) is 28.1 Å². The number of nitrogens with zero attached hydrogens (tertiary/aromatic N) is 4. The summed E-state index contributed by atoms with van der Waals surface area (Å²) in [4.78, 5) is 8.96. The summed E-state index contributed by atoms with van der Waals surface area (Å²) in [6.07, 6.45) is 1.53. The van der Waals surface area contributed by atoms with E-state index in [-0.39, 0.29) is 11.5 Å². The molecule has 0 spiro atoms. The van der Waals surface area contributed by atoms with Gasteiger partial charge >= 0.3 is 0 Å². The van der Waals surface area contributed by atoms with E-state index in [2.05, 4.69) is 36.1 Å². The number of oxazole rings is 1. The molecule has 0 saturated heterocycles. The van der Waals surface area contributed by atoms with Crippen LogP contribution in [0.3, 0.4) is 0 Å². The Balaban J connectivity index is 1.42. The van der Waals surface area contributed by atoms with E-state index >= 15 is 0 Å². The first-order valence-corrected chi connectivity index (χ1v) is 11.5. The van der Waals surface area contributed by atoms with Gasteiger partial charge in [-0.3, -0.25) is 4.99 Å². The van der Waals surface area contributed by atoms with Gasteiger partial charge in [0.15, 0.2) is 5.58 Å². The van der Waals surface area contributed by atoms with Crippen LogP contribution in [-0.2, 0) is 0 Å². The molecule has 1 heterocycles. The van der Waals surface area contributed by atoms with Crippen molar-refractivity contribution in [3.05, 3.63) is 94.5 Å². The Kier molecular flexibility index (Phi) is 6.12. The molecular formula is C27H19BrN4O3. The third-order valence-electron chi connectivity index (χ3n) is 5.21. The molecular weight excluding hydrogens is 508 g/mol. The van der Waals surface area contributed by atoms with E-state index in [9.17, 15) is 10.2 Å². The standard InChI is InChI=1S/C27H19BrN4O3/c1-16-5-10-26-23(11-16)30-27(35-26)22-14-19(6-9-25(22)34)29-15-17-12-21(7-8-24(17)33)32-31-20-4-2-3-18(28)13-20/h2-15,33-34H,1H3. The monoisotopic (exact) mass is 526 g/mol. The largest absolute Gasteiger partial charge is 0.507 e. The fourth-order valence-electron chi connectivity index (χ4n) is 3.43. The number of azo groups is 1. The SMILES string of the molecule is Cc1ccc2oc(-c3cc(N=Cc4cc(N=Nc5cccc(Br)c5)ccc4O)ccc3O)nc2c1. The second-order valence-corrected chi connectivity index (χ2v) is 8.79. The second-order valence-electron chi connectivity index (χ2n) is 7.87. The van der Waals surface area contributed by atoms with Crippen LogP contribution in [0.2, 0.25) is 0 Å². The zero-order chi connectivity index (χ0) is 24.4. The molecule has 0 fully saturated rings. The van der Waals surface area contributed by atoms with E-state index in [0.717, 1.165) is 10.0 Å². The minimum Gasteiger partial charge on any atom is -0.507 e. The minimum atomic E-state index is 0.0324. The molecule has 0 aliphatic rings. The van der Waals surface area contributed by atoms with E-state index in [1.165, 1.54) is 12.3 Å². The van der Waals surface area contributed by atoms with E-state index in [0.29, 0.717) is 45.2 Å². The predicted octanol–water partition coefficient (Wildman–Crippen LogP) is 8.14. The van der Waals surface area contributed by atoms with Gasteiger partial charge in [0, 0.05) is 16.3 Å². The van der Waals surface area contributed by atoms with Crippen LogP contribution >= 0.6 is 15.9 Å². The lowest BCUT2D eigenvalue weighted by Crippen LogP contribution is -1.83. The first-order chi connectivity index (χ1) is 16.9. The normalized spacial score (nSPS) is 11.7. The number of hydrogen-bond donors (Lipinski definition) is 2. The molecule has 0 atom stereocenters. The molecule has 0 aliphatic heterocycles. The number of aromatic hydroxyl groups is 2. The van der Waals surface area contributed by atoms with Crippen LogP contribution in [0.4, 0.5) is 17.1 Å². The molecule has 172 valence electrons. The van der Waals surface area contributed by atoms with Gasteiger partial charge in [0.2, 0.25) is 5.89 Å². The van der Waals surface area contributed by atoms with Crippen LogP contribution in [0.15, 0.2) is 103 Å². The molecule has 0 radical (unpaired) electrons. The quantitative estimate of drug-likeness (QED) is 0.178. The van der Waals surface area contributed by atoms with Gasteiger partial charge in [-0.25, -0.2) is 4.98 Å². The third-order valence-corrected chi connectivity index (χ3v) is 5.70. The summed E-state index contributed by atoms with van der Waals surface area (Å²) in [5, 5.41) is 29.1. The molecule has 35 heavy (non-hydrogen) atoms. The molecule has 1 aromatic heterocycles. The highest BCUT2D eigenvalue weighted by molar-refractivity contribution is 9.10. The highest BCUT2D eigenvalue weighted by Crippen LogP contribution is 2.34. The highest BCUT2D eigenvalue weighted by Gasteiger charge is 2.13. The molecule has 0 saturated carbocycles. The highest BCUT2D eigenvalue weighted by atomic mass is 79.9. The summed E-state index contributed by atoms with van der Waals surface area (Å²) < 4.78 is 6.74. The maximum absolute atomic E-state index is 10.4. The van der Waals surface area contributed by atoms with Crippen molar-refractivity contribution in [3.8, 4) is 23.0 Å². The molecule has 5 aromatic rings. The summed E-state index contributed by atoms with van der Waals surface area (Å²) in [6.45, 7) is 1.98. The van der Waals surface area contributed by atoms with Gasteiger partial charge in [-0.15, -0.1) is 0 Å². The van der Waals surface area contributed by atoms with Crippen LogP contribution in [0, 0.1) is 6.92 Å². The average Bonchev–Trinajstić information content (AvgIpc) is 3.26. The molecule has 2 N–H and O–H groups in total. The van der Waals surface area contributed by atoms with Crippen LogP contribution in [0.25, 0.3) is 22.6 Å². The Morgan fingerprint density at radius 1 is 0.829 bits per heavy atom. The van der Waals surface area contributed by atoms with Gasteiger partial charge in [0.05, 0.1) is 22.6 Å². The van der Waals surface area contributed by atoms with Crippen molar-refractivity contribution in [1.29, 1.82) is 0 Å². The average molecular weight is 527 g/mol. The van der Waals surface area contributed by atoms with Gasteiger partial charge in [-0.2, -0.15) is 10.2 Å². The zero-order valence-electron chi connectivity index (χ0n) is 18.6. The van der Waals surface area contributed by atoms with Crippen LogP contribution in [0.1, 0.15) is 11.1 Å². The molecule has 0 amide bonds. The number of benzene rings is 4. The van der Waals surface area contributed by atoms with Crippen molar-refractivity contribution in [1.82, 2.24) is 4.98 Å². The number of aliphatic imine (C=N–C) groups is 1. The van der Waals surface area contributed by atoms with Gasteiger partial charge in [-0.05, 0) is 79.2 Å². The maximum atomic E-state index is 10.4. The Morgan fingerprint density at radius 2 is 1.60 bits per heavy atom. The summed E-state index contributed by atoms with van der Waals surface area (Å²) >= 11 is 3.41. The summed E-state index contributed by atoms with van der Waals surface area (Å²) in [5.74, 6) is 0.395. The van der Waals surface area contributed by atoms with E-state index < -0.39 is 0 Å².